The van der Waals surface area contributed by atoms with E-state index in [4.69, 9.17) is 4.74 Å². The third-order valence-electron chi connectivity index (χ3n) is 4.99. The molecule has 3 rings (SSSR count). The van der Waals surface area contributed by atoms with Gasteiger partial charge in [-0.05, 0) is 63.0 Å². The van der Waals surface area contributed by atoms with Crippen LogP contribution < -0.4 is 9.64 Å². The monoisotopic (exact) mass is 332 g/mol. The Morgan fingerprint density at radius 1 is 1.12 bits per heavy atom. The Hall–Kier alpha value is -1.59. The van der Waals surface area contributed by atoms with Crippen molar-refractivity contribution in [2.75, 3.05) is 37.7 Å². The summed E-state index contributed by atoms with van der Waals surface area (Å²) in [6.45, 7) is 4.30. The van der Waals surface area contributed by atoms with E-state index in [2.05, 4.69) is 4.90 Å². The quantitative estimate of drug-likeness (QED) is 0.779. The topological polar surface area (TPSA) is 53.0 Å². The number of piperidine rings is 1. The van der Waals surface area contributed by atoms with E-state index < -0.39 is 0 Å². The molecule has 0 aromatic heterocycles. The number of amides is 1. The summed E-state index contributed by atoms with van der Waals surface area (Å²) in [7, 11) is 0. The van der Waals surface area contributed by atoms with Crippen LogP contribution in [0.3, 0.4) is 0 Å². The van der Waals surface area contributed by atoms with Crippen LogP contribution in [0.5, 0.6) is 5.75 Å². The minimum absolute atomic E-state index is 0.0144. The Morgan fingerprint density at radius 3 is 2.58 bits per heavy atom. The molecule has 0 bridgehead atoms. The molecule has 0 radical (unpaired) electrons. The van der Waals surface area contributed by atoms with Gasteiger partial charge in [0.05, 0.1) is 19.3 Å². The highest BCUT2D eigenvalue weighted by atomic mass is 16.5. The van der Waals surface area contributed by atoms with Gasteiger partial charge in [0.25, 0.3) is 0 Å². The Bertz CT molecular complexity index is 526. The molecule has 2 heterocycles. The van der Waals surface area contributed by atoms with Gasteiger partial charge in [0.1, 0.15) is 5.75 Å². The van der Waals surface area contributed by atoms with Gasteiger partial charge in [-0.15, -0.1) is 0 Å². The Kier molecular flexibility index (Phi) is 6.10. The van der Waals surface area contributed by atoms with E-state index in [9.17, 15) is 9.90 Å². The minimum atomic E-state index is -0.0891. The van der Waals surface area contributed by atoms with Crippen LogP contribution in [0.25, 0.3) is 0 Å². The number of hydrogen-bond donors (Lipinski definition) is 1. The van der Waals surface area contributed by atoms with Crippen molar-refractivity contribution in [2.24, 2.45) is 0 Å². The van der Waals surface area contributed by atoms with Gasteiger partial charge in [0, 0.05) is 18.7 Å². The van der Waals surface area contributed by atoms with Crippen molar-refractivity contribution in [3.8, 4) is 5.75 Å². The van der Waals surface area contributed by atoms with E-state index in [1.165, 1.54) is 32.4 Å². The summed E-state index contributed by atoms with van der Waals surface area (Å²) in [6, 6.07) is 7.55. The number of aliphatic hydroxyl groups excluding tert-OH is 1. The number of hydrogen-bond acceptors (Lipinski definition) is 4. The molecule has 24 heavy (non-hydrogen) atoms. The lowest BCUT2D eigenvalue weighted by atomic mass is 10.1. The molecule has 0 saturated carbocycles. The predicted octanol–water partition coefficient (Wildman–Crippen LogP) is 2.43. The molecule has 1 amide bonds. The van der Waals surface area contributed by atoms with Crippen LogP contribution in [0, 0.1) is 0 Å². The van der Waals surface area contributed by atoms with Crippen molar-refractivity contribution in [3.05, 3.63) is 24.3 Å². The fraction of sp³-hybridized carbons (Fsp3) is 0.632. The number of carbonyl (C=O) groups is 1. The molecule has 2 fully saturated rings. The zero-order valence-corrected chi connectivity index (χ0v) is 14.3. The molecule has 132 valence electrons. The van der Waals surface area contributed by atoms with Crippen molar-refractivity contribution < 1.29 is 14.6 Å². The first-order valence-electron chi connectivity index (χ1n) is 9.16. The van der Waals surface area contributed by atoms with Crippen molar-refractivity contribution in [1.82, 2.24) is 4.90 Å². The molecular formula is C19H28N2O3. The molecule has 2 aliphatic rings. The number of aliphatic hydroxyl groups is 1. The van der Waals surface area contributed by atoms with Crippen molar-refractivity contribution in [1.29, 1.82) is 0 Å². The van der Waals surface area contributed by atoms with Crippen molar-refractivity contribution in [3.63, 3.8) is 0 Å². The zero-order chi connectivity index (χ0) is 16.8. The number of nitrogens with zero attached hydrogens (tertiary/aromatic N) is 2. The number of likely N-dealkylation sites (tertiary alicyclic amines) is 1. The van der Waals surface area contributed by atoms with Gasteiger partial charge in [-0.25, -0.2) is 0 Å². The summed E-state index contributed by atoms with van der Waals surface area (Å²) in [6.07, 6.45) is 6.30. The van der Waals surface area contributed by atoms with E-state index in [0.717, 1.165) is 37.4 Å². The maximum atomic E-state index is 12.0. The lowest BCUT2D eigenvalue weighted by Crippen LogP contribution is -2.35. The molecule has 5 nitrogen and oxygen atoms in total. The lowest BCUT2D eigenvalue weighted by molar-refractivity contribution is -0.117. The molecule has 2 aliphatic heterocycles. The number of rotatable bonds is 7. The second-order valence-electron chi connectivity index (χ2n) is 6.74. The molecule has 0 unspecified atom stereocenters. The maximum Gasteiger partial charge on any atom is 0.227 e. The molecule has 1 N–H and O–H groups in total. The van der Waals surface area contributed by atoms with Gasteiger partial charge in [-0.2, -0.15) is 0 Å². The summed E-state index contributed by atoms with van der Waals surface area (Å²) >= 11 is 0. The van der Waals surface area contributed by atoms with Crippen LogP contribution in [0.4, 0.5) is 5.69 Å². The Morgan fingerprint density at radius 2 is 1.88 bits per heavy atom. The Labute approximate surface area is 144 Å². The second-order valence-corrected chi connectivity index (χ2v) is 6.74. The molecule has 1 aromatic rings. The van der Waals surface area contributed by atoms with Crippen LogP contribution >= 0.6 is 0 Å². The lowest BCUT2D eigenvalue weighted by Gasteiger charge is -2.26. The smallest absolute Gasteiger partial charge is 0.227 e. The molecule has 1 aromatic carbocycles. The summed E-state index contributed by atoms with van der Waals surface area (Å²) in [5, 5.41) is 9.40. The summed E-state index contributed by atoms with van der Waals surface area (Å²) in [5.74, 6) is 0.925. The van der Waals surface area contributed by atoms with Crippen molar-refractivity contribution >= 4 is 11.6 Å². The summed E-state index contributed by atoms with van der Waals surface area (Å²) in [5.41, 5.74) is 0.845. The molecule has 0 aliphatic carbocycles. The minimum Gasteiger partial charge on any atom is -0.494 e. The average Bonchev–Trinajstić information content (AvgIpc) is 3.01. The third-order valence-corrected chi connectivity index (χ3v) is 4.99. The Balaban J connectivity index is 1.45. The van der Waals surface area contributed by atoms with Crippen LogP contribution in [0.2, 0.25) is 0 Å². The molecular weight excluding hydrogens is 304 g/mol. The van der Waals surface area contributed by atoms with E-state index in [1.807, 2.05) is 24.3 Å². The van der Waals surface area contributed by atoms with Crippen molar-refractivity contribution in [2.45, 2.75) is 44.6 Å². The van der Waals surface area contributed by atoms with Gasteiger partial charge in [0.2, 0.25) is 5.91 Å². The second kappa shape index (κ2) is 8.49. The molecule has 5 heteroatoms. The van der Waals surface area contributed by atoms with Crippen LogP contribution in [0.1, 0.15) is 38.5 Å². The molecule has 2 saturated heterocycles. The number of carbonyl (C=O) groups excluding carboxylic acids is 1. The predicted molar refractivity (Wildman–Crippen MR) is 94.4 cm³/mol. The summed E-state index contributed by atoms with van der Waals surface area (Å²) < 4.78 is 5.82. The largest absolute Gasteiger partial charge is 0.494 e. The van der Waals surface area contributed by atoms with Gasteiger partial charge < -0.3 is 19.6 Å². The SMILES string of the molecule is O=C1CC[C@@H](CO)N1c1ccc(OCCCN2CCCCC2)cc1. The average molecular weight is 332 g/mol. The fourth-order valence-electron chi connectivity index (χ4n) is 3.64. The first-order valence-corrected chi connectivity index (χ1v) is 9.16. The molecule has 1 atom stereocenters. The van der Waals surface area contributed by atoms with Gasteiger partial charge in [-0.3, -0.25) is 4.79 Å². The van der Waals surface area contributed by atoms with E-state index >= 15 is 0 Å². The number of anilines is 1. The maximum absolute atomic E-state index is 12.0. The normalized spacial score (nSPS) is 22.1. The van der Waals surface area contributed by atoms with Crippen LogP contribution in [0.15, 0.2) is 24.3 Å². The highest BCUT2D eigenvalue weighted by Crippen LogP contribution is 2.28. The highest BCUT2D eigenvalue weighted by Gasteiger charge is 2.31. The van der Waals surface area contributed by atoms with Gasteiger partial charge >= 0.3 is 0 Å². The van der Waals surface area contributed by atoms with Crippen LogP contribution in [-0.4, -0.2) is 54.8 Å². The van der Waals surface area contributed by atoms with Gasteiger partial charge in [-0.1, -0.05) is 6.42 Å². The fourth-order valence-corrected chi connectivity index (χ4v) is 3.64. The van der Waals surface area contributed by atoms with E-state index in [0.29, 0.717) is 6.42 Å². The van der Waals surface area contributed by atoms with Crippen LogP contribution in [-0.2, 0) is 4.79 Å². The third kappa shape index (κ3) is 4.28. The van der Waals surface area contributed by atoms with Gasteiger partial charge in [0.15, 0.2) is 0 Å². The number of benzene rings is 1. The molecule has 0 spiro atoms. The summed E-state index contributed by atoms with van der Waals surface area (Å²) in [4.78, 5) is 16.2. The first-order chi connectivity index (χ1) is 11.8. The van der Waals surface area contributed by atoms with E-state index in [-0.39, 0.29) is 18.6 Å². The van der Waals surface area contributed by atoms with E-state index in [1.54, 1.807) is 4.90 Å². The zero-order valence-electron chi connectivity index (χ0n) is 14.3. The highest BCUT2D eigenvalue weighted by molar-refractivity contribution is 5.96. The first kappa shape index (κ1) is 17.2. The standard InChI is InChI=1S/C19H28N2O3/c22-15-17-7-10-19(23)21(17)16-5-8-18(9-6-16)24-14-4-13-20-11-2-1-3-12-20/h5-6,8-9,17,22H,1-4,7,10-15H2/t17-/m0/s1. The number of ether oxygens (including phenoxy) is 1.